The van der Waals surface area contributed by atoms with Gasteiger partial charge in [0.05, 0.1) is 17.6 Å². The van der Waals surface area contributed by atoms with Crippen molar-refractivity contribution in [3.05, 3.63) is 39.4 Å². The third-order valence-corrected chi connectivity index (χ3v) is 3.37. The van der Waals surface area contributed by atoms with Crippen molar-refractivity contribution in [2.45, 2.75) is 32.5 Å². The number of hydrogen-bond donors (Lipinski definition) is 1. The van der Waals surface area contributed by atoms with E-state index in [1.165, 1.54) is 6.07 Å². The molecule has 0 aliphatic carbocycles. The summed E-state index contributed by atoms with van der Waals surface area (Å²) in [5.41, 5.74) is 1.78. The Bertz CT molecular complexity index is 428. The van der Waals surface area contributed by atoms with Crippen LogP contribution in [0.25, 0.3) is 0 Å². The molecule has 1 aliphatic heterocycles. The van der Waals surface area contributed by atoms with Crippen molar-refractivity contribution >= 4 is 5.69 Å². The number of ether oxygens (including phenoxy) is 1. The normalized spacial score (nSPS) is 16.7. The highest BCUT2D eigenvalue weighted by atomic mass is 16.6. The molecule has 5 nitrogen and oxygen atoms in total. The Morgan fingerprint density at radius 1 is 1.44 bits per heavy atom. The fourth-order valence-electron chi connectivity index (χ4n) is 2.19. The molecule has 0 spiro atoms. The lowest BCUT2D eigenvalue weighted by atomic mass is 10.1. The Morgan fingerprint density at radius 3 is 2.83 bits per heavy atom. The van der Waals surface area contributed by atoms with Crippen LogP contribution in [0.15, 0.2) is 18.2 Å². The van der Waals surface area contributed by atoms with Gasteiger partial charge in [0.2, 0.25) is 0 Å². The summed E-state index contributed by atoms with van der Waals surface area (Å²) in [7, 11) is 0. The first-order valence-corrected chi connectivity index (χ1v) is 6.23. The molecule has 0 atom stereocenters. The number of rotatable bonds is 4. The van der Waals surface area contributed by atoms with Crippen LogP contribution in [0.4, 0.5) is 5.69 Å². The molecule has 0 unspecified atom stereocenters. The topological polar surface area (TPSA) is 64.4 Å². The van der Waals surface area contributed by atoms with E-state index in [-0.39, 0.29) is 16.7 Å². The van der Waals surface area contributed by atoms with Crippen molar-refractivity contribution in [1.29, 1.82) is 0 Å². The van der Waals surface area contributed by atoms with Crippen LogP contribution in [-0.4, -0.2) is 24.1 Å². The van der Waals surface area contributed by atoms with Gasteiger partial charge in [-0.3, -0.25) is 10.1 Å². The minimum absolute atomic E-state index is 0.168. The molecule has 0 amide bonds. The maximum absolute atomic E-state index is 10.8. The zero-order valence-electron chi connectivity index (χ0n) is 10.5. The largest absolute Gasteiger partial charge is 0.373 e. The van der Waals surface area contributed by atoms with Crippen molar-refractivity contribution in [2.75, 3.05) is 13.1 Å². The molecule has 5 heteroatoms. The van der Waals surface area contributed by atoms with Gasteiger partial charge < -0.3 is 10.1 Å². The van der Waals surface area contributed by atoms with Crippen molar-refractivity contribution in [3.63, 3.8) is 0 Å². The second-order valence-corrected chi connectivity index (χ2v) is 4.58. The molecule has 0 radical (unpaired) electrons. The fraction of sp³-hybridized carbons (Fsp3) is 0.538. The maximum Gasteiger partial charge on any atom is 0.272 e. The van der Waals surface area contributed by atoms with Gasteiger partial charge in [0, 0.05) is 11.6 Å². The van der Waals surface area contributed by atoms with E-state index < -0.39 is 0 Å². The van der Waals surface area contributed by atoms with Crippen LogP contribution < -0.4 is 5.32 Å². The highest BCUT2D eigenvalue weighted by Gasteiger charge is 2.16. The molecular weight excluding hydrogens is 232 g/mol. The average Bonchev–Trinajstić information content (AvgIpc) is 2.38. The van der Waals surface area contributed by atoms with Crippen molar-refractivity contribution in [2.24, 2.45) is 0 Å². The zero-order valence-corrected chi connectivity index (χ0v) is 10.5. The predicted molar refractivity (Wildman–Crippen MR) is 68.5 cm³/mol. The van der Waals surface area contributed by atoms with E-state index >= 15 is 0 Å². The van der Waals surface area contributed by atoms with E-state index in [2.05, 4.69) is 5.32 Å². The van der Waals surface area contributed by atoms with E-state index in [0.717, 1.165) is 31.5 Å². The molecule has 0 bridgehead atoms. The van der Waals surface area contributed by atoms with Crippen molar-refractivity contribution < 1.29 is 9.66 Å². The minimum Gasteiger partial charge on any atom is -0.373 e. The molecule has 18 heavy (non-hydrogen) atoms. The second-order valence-electron chi connectivity index (χ2n) is 4.58. The Labute approximate surface area is 106 Å². The van der Waals surface area contributed by atoms with Crippen molar-refractivity contribution in [3.8, 4) is 0 Å². The molecule has 0 saturated carbocycles. The number of nitro groups is 1. The van der Waals surface area contributed by atoms with Crippen LogP contribution in [0.2, 0.25) is 0 Å². The number of nitrogens with one attached hydrogen (secondary N) is 1. The summed E-state index contributed by atoms with van der Waals surface area (Å²) in [5.74, 6) is 0. The first kappa shape index (κ1) is 13.0. The van der Waals surface area contributed by atoms with Gasteiger partial charge in [-0.2, -0.15) is 0 Å². The Balaban J connectivity index is 2.00. The summed E-state index contributed by atoms with van der Waals surface area (Å²) in [6.45, 7) is 4.20. The lowest BCUT2D eigenvalue weighted by molar-refractivity contribution is -0.385. The van der Waals surface area contributed by atoms with E-state index in [1.807, 2.05) is 6.07 Å². The quantitative estimate of drug-likeness (QED) is 0.657. The predicted octanol–water partition coefficient (Wildman–Crippen LogP) is 2.17. The van der Waals surface area contributed by atoms with Gasteiger partial charge in [-0.05, 0) is 38.4 Å². The molecule has 98 valence electrons. The minimum atomic E-state index is -0.344. The molecular formula is C13H18N2O3. The SMILES string of the molecule is Cc1c(COC2CCNCC2)cccc1[N+](=O)[O-]. The molecule has 1 aliphatic rings. The smallest absolute Gasteiger partial charge is 0.272 e. The standard InChI is InChI=1S/C13H18N2O3/c1-10-11(3-2-4-13(10)15(16)17)9-18-12-5-7-14-8-6-12/h2-4,12,14H,5-9H2,1H3. The van der Waals surface area contributed by atoms with Crippen molar-refractivity contribution in [1.82, 2.24) is 5.32 Å². The third-order valence-electron chi connectivity index (χ3n) is 3.37. The van der Waals surface area contributed by atoms with E-state index in [4.69, 9.17) is 4.74 Å². The second kappa shape index (κ2) is 5.93. The average molecular weight is 250 g/mol. The lowest BCUT2D eigenvalue weighted by Crippen LogP contribution is -2.32. The molecule has 1 heterocycles. The Kier molecular flexibility index (Phi) is 4.28. The van der Waals surface area contributed by atoms with E-state index in [0.29, 0.717) is 12.2 Å². The molecule has 1 N–H and O–H groups in total. The number of nitrogens with zero attached hydrogens (tertiary/aromatic N) is 1. The van der Waals surface area contributed by atoms with Crippen LogP contribution in [0.3, 0.4) is 0 Å². The lowest BCUT2D eigenvalue weighted by Gasteiger charge is -2.23. The van der Waals surface area contributed by atoms with Crippen LogP contribution >= 0.6 is 0 Å². The molecule has 1 fully saturated rings. The summed E-state index contributed by atoms with van der Waals surface area (Å²) in [5, 5.41) is 14.1. The summed E-state index contributed by atoms with van der Waals surface area (Å²) in [4.78, 5) is 10.5. The summed E-state index contributed by atoms with van der Waals surface area (Å²) < 4.78 is 5.82. The Morgan fingerprint density at radius 2 is 2.17 bits per heavy atom. The number of hydrogen-bond acceptors (Lipinski definition) is 4. The number of nitro benzene ring substituents is 1. The monoisotopic (exact) mass is 250 g/mol. The highest BCUT2D eigenvalue weighted by Crippen LogP contribution is 2.22. The molecule has 1 aromatic carbocycles. The van der Waals surface area contributed by atoms with E-state index in [1.54, 1.807) is 13.0 Å². The molecule has 2 rings (SSSR count). The first-order chi connectivity index (χ1) is 8.68. The summed E-state index contributed by atoms with van der Waals surface area (Å²) >= 11 is 0. The van der Waals surface area contributed by atoms with Gasteiger partial charge in [-0.15, -0.1) is 0 Å². The van der Waals surface area contributed by atoms with Gasteiger partial charge in [-0.1, -0.05) is 12.1 Å². The maximum atomic E-state index is 10.8. The van der Waals surface area contributed by atoms with Gasteiger partial charge >= 0.3 is 0 Å². The number of benzene rings is 1. The van der Waals surface area contributed by atoms with Gasteiger partial charge in [0.25, 0.3) is 5.69 Å². The van der Waals surface area contributed by atoms with Gasteiger partial charge in [0.1, 0.15) is 0 Å². The third kappa shape index (κ3) is 3.05. The molecule has 1 aromatic rings. The zero-order chi connectivity index (χ0) is 13.0. The van der Waals surface area contributed by atoms with Crippen LogP contribution in [0, 0.1) is 17.0 Å². The van der Waals surface area contributed by atoms with Gasteiger partial charge in [-0.25, -0.2) is 0 Å². The highest BCUT2D eigenvalue weighted by molar-refractivity contribution is 5.44. The fourth-order valence-corrected chi connectivity index (χ4v) is 2.19. The van der Waals surface area contributed by atoms with Crippen LogP contribution in [-0.2, 0) is 11.3 Å². The number of piperidine rings is 1. The summed E-state index contributed by atoms with van der Waals surface area (Å²) in [6, 6.07) is 5.14. The Hall–Kier alpha value is -1.46. The summed E-state index contributed by atoms with van der Waals surface area (Å²) in [6.07, 6.45) is 2.28. The first-order valence-electron chi connectivity index (χ1n) is 6.23. The molecule has 1 saturated heterocycles. The van der Waals surface area contributed by atoms with Crippen LogP contribution in [0.1, 0.15) is 24.0 Å². The van der Waals surface area contributed by atoms with E-state index in [9.17, 15) is 10.1 Å². The molecule has 0 aromatic heterocycles. The van der Waals surface area contributed by atoms with Crippen LogP contribution in [0.5, 0.6) is 0 Å². The van der Waals surface area contributed by atoms with Gasteiger partial charge in [0.15, 0.2) is 0 Å².